The lowest BCUT2D eigenvalue weighted by molar-refractivity contribution is 0.102. The molecule has 1 amide bonds. The van der Waals surface area contributed by atoms with Gasteiger partial charge in [0.1, 0.15) is 5.75 Å². The standard InChI is InChI=1S/C15H15ClN2O2/c1-9-8-10(6-7-13(9)20-2)18-15(19)11-4-3-5-12(17)14(11)16/h3-8H,17H2,1-2H3,(H,18,19). The molecule has 0 aliphatic heterocycles. The molecule has 0 unspecified atom stereocenters. The fraction of sp³-hybridized carbons (Fsp3) is 0.133. The minimum atomic E-state index is -0.299. The Bertz CT molecular complexity index is 656. The fourth-order valence-corrected chi connectivity index (χ4v) is 2.09. The second-order valence-corrected chi connectivity index (χ2v) is 4.73. The van der Waals surface area contributed by atoms with Crippen molar-refractivity contribution in [2.45, 2.75) is 6.92 Å². The quantitative estimate of drug-likeness (QED) is 0.851. The number of nitrogens with two attached hydrogens (primary N) is 1. The number of nitrogens with one attached hydrogen (secondary N) is 1. The van der Waals surface area contributed by atoms with Gasteiger partial charge in [0.15, 0.2) is 0 Å². The van der Waals surface area contributed by atoms with Crippen LogP contribution in [-0.4, -0.2) is 13.0 Å². The van der Waals surface area contributed by atoms with Crippen molar-refractivity contribution in [3.63, 3.8) is 0 Å². The minimum Gasteiger partial charge on any atom is -0.496 e. The molecule has 2 aromatic carbocycles. The van der Waals surface area contributed by atoms with E-state index in [1.165, 1.54) is 0 Å². The van der Waals surface area contributed by atoms with E-state index in [2.05, 4.69) is 5.32 Å². The SMILES string of the molecule is COc1ccc(NC(=O)c2cccc(N)c2Cl)cc1C. The van der Waals surface area contributed by atoms with Crippen LogP contribution < -0.4 is 15.8 Å². The molecule has 2 aromatic rings. The molecule has 2 rings (SSSR count). The highest BCUT2D eigenvalue weighted by Crippen LogP contribution is 2.25. The van der Waals surface area contributed by atoms with Crippen molar-refractivity contribution in [1.29, 1.82) is 0 Å². The normalized spacial score (nSPS) is 10.2. The molecule has 4 nitrogen and oxygen atoms in total. The zero-order chi connectivity index (χ0) is 14.7. The topological polar surface area (TPSA) is 64.3 Å². The Morgan fingerprint density at radius 3 is 2.70 bits per heavy atom. The third kappa shape index (κ3) is 2.86. The Labute approximate surface area is 122 Å². The number of ether oxygens (including phenoxy) is 1. The number of halogens is 1. The maximum absolute atomic E-state index is 12.2. The zero-order valence-corrected chi connectivity index (χ0v) is 12.0. The predicted molar refractivity (Wildman–Crippen MR) is 81.5 cm³/mol. The summed E-state index contributed by atoms with van der Waals surface area (Å²) in [7, 11) is 1.60. The van der Waals surface area contributed by atoms with Crippen molar-refractivity contribution in [2.24, 2.45) is 0 Å². The number of methoxy groups -OCH3 is 1. The first-order chi connectivity index (χ1) is 9.52. The molecular weight excluding hydrogens is 276 g/mol. The number of aryl methyl sites for hydroxylation is 1. The Morgan fingerprint density at radius 1 is 1.30 bits per heavy atom. The van der Waals surface area contributed by atoms with Crippen LogP contribution in [0.25, 0.3) is 0 Å². The Morgan fingerprint density at radius 2 is 2.05 bits per heavy atom. The van der Waals surface area contributed by atoms with E-state index in [9.17, 15) is 4.79 Å². The highest BCUT2D eigenvalue weighted by Gasteiger charge is 2.12. The number of hydrogen-bond donors (Lipinski definition) is 2. The maximum atomic E-state index is 12.2. The van der Waals surface area contributed by atoms with E-state index in [0.717, 1.165) is 11.3 Å². The van der Waals surface area contributed by atoms with Crippen LogP contribution in [0.15, 0.2) is 36.4 Å². The van der Waals surface area contributed by atoms with Crippen LogP contribution in [-0.2, 0) is 0 Å². The van der Waals surface area contributed by atoms with Crippen molar-refractivity contribution in [2.75, 3.05) is 18.2 Å². The molecule has 0 atom stereocenters. The number of carbonyl (C=O) groups excluding carboxylic acids is 1. The van der Waals surface area contributed by atoms with Crippen molar-refractivity contribution in [3.05, 3.63) is 52.5 Å². The molecule has 20 heavy (non-hydrogen) atoms. The van der Waals surface area contributed by atoms with E-state index in [0.29, 0.717) is 16.9 Å². The average molecular weight is 291 g/mol. The molecule has 0 aromatic heterocycles. The van der Waals surface area contributed by atoms with Gasteiger partial charge in [-0.25, -0.2) is 0 Å². The van der Waals surface area contributed by atoms with Gasteiger partial charge in [-0.3, -0.25) is 4.79 Å². The number of hydrogen-bond acceptors (Lipinski definition) is 3. The zero-order valence-electron chi connectivity index (χ0n) is 11.2. The Hall–Kier alpha value is -2.20. The summed E-state index contributed by atoms with van der Waals surface area (Å²) in [4.78, 5) is 12.2. The van der Waals surface area contributed by atoms with E-state index < -0.39 is 0 Å². The molecule has 0 aliphatic carbocycles. The van der Waals surface area contributed by atoms with Crippen molar-refractivity contribution >= 4 is 28.9 Å². The van der Waals surface area contributed by atoms with Gasteiger partial charge < -0.3 is 15.8 Å². The molecule has 0 spiro atoms. The highest BCUT2D eigenvalue weighted by atomic mass is 35.5. The smallest absolute Gasteiger partial charge is 0.257 e. The lowest BCUT2D eigenvalue weighted by Crippen LogP contribution is -2.13. The molecule has 5 heteroatoms. The molecule has 0 heterocycles. The molecule has 0 saturated heterocycles. The Balaban J connectivity index is 2.24. The van der Waals surface area contributed by atoms with Crippen LogP contribution in [0.4, 0.5) is 11.4 Å². The van der Waals surface area contributed by atoms with Crippen LogP contribution in [0.2, 0.25) is 5.02 Å². The van der Waals surface area contributed by atoms with Crippen molar-refractivity contribution in [3.8, 4) is 5.75 Å². The largest absolute Gasteiger partial charge is 0.496 e. The van der Waals surface area contributed by atoms with Gasteiger partial charge in [-0.15, -0.1) is 0 Å². The third-order valence-electron chi connectivity index (χ3n) is 2.93. The Kier molecular flexibility index (Phi) is 4.15. The van der Waals surface area contributed by atoms with E-state index in [1.54, 1.807) is 37.4 Å². The van der Waals surface area contributed by atoms with E-state index >= 15 is 0 Å². The maximum Gasteiger partial charge on any atom is 0.257 e. The highest BCUT2D eigenvalue weighted by molar-refractivity contribution is 6.36. The van der Waals surface area contributed by atoms with Gasteiger partial charge in [0.2, 0.25) is 0 Å². The lowest BCUT2D eigenvalue weighted by Gasteiger charge is -2.10. The van der Waals surface area contributed by atoms with Gasteiger partial charge in [-0.05, 0) is 42.8 Å². The van der Waals surface area contributed by atoms with Gasteiger partial charge in [0, 0.05) is 5.69 Å². The predicted octanol–water partition coefficient (Wildman–Crippen LogP) is 3.49. The summed E-state index contributed by atoms with van der Waals surface area (Å²) in [5.74, 6) is 0.469. The summed E-state index contributed by atoms with van der Waals surface area (Å²) >= 11 is 6.03. The van der Waals surface area contributed by atoms with Gasteiger partial charge in [-0.1, -0.05) is 17.7 Å². The molecule has 0 aliphatic rings. The number of anilines is 2. The van der Waals surface area contributed by atoms with Gasteiger partial charge >= 0.3 is 0 Å². The first kappa shape index (κ1) is 14.2. The van der Waals surface area contributed by atoms with E-state index in [1.807, 2.05) is 13.0 Å². The molecule has 104 valence electrons. The van der Waals surface area contributed by atoms with Crippen LogP contribution in [0, 0.1) is 6.92 Å². The van der Waals surface area contributed by atoms with Crippen LogP contribution in [0.5, 0.6) is 5.75 Å². The molecule has 0 saturated carbocycles. The van der Waals surface area contributed by atoms with Gasteiger partial charge in [0.25, 0.3) is 5.91 Å². The fourth-order valence-electron chi connectivity index (χ4n) is 1.88. The van der Waals surface area contributed by atoms with Gasteiger partial charge in [-0.2, -0.15) is 0 Å². The summed E-state index contributed by atoms with van der Waals surface area (Å²) in [6.45, 7) is 1.90. The van der Waals surface area contributed by atoms with Crippen LogP contribution in [0.1, 0.15) is 15.9 Å². The van der Waals surface area contributed by atoms with E-state index in [4.69, 9.17) is 22.1 Å². The van der Waals surface area contributed by atoms with Crippen LogP contribution >= 0.6 is 11.6 Å². The summed E-state index contributed by atoms with van der Waals surface area (Å²) in [5.41, 5.74) is 8.02. The first-order valence-electron chi connectivity index (χ1n) is 6.03. The van der Waals surface area contributed by atoms with Crippen molar-refractivity contribution in [1.82, 2.24) is 0 Å². The molecule has 0 bridgehead atoms. The number of nitrogen functional groups attached to an aromatic ring is 1. The molecular formula is C15H15ClN2O2. The van der Waals surface area contributed by atoms with Gasteiger partial charge in [0.05, 0.1) is 23.4 Å². The van der Waals surface area contributed by atoms with E-state index in [-0.39, 0.29) is 10.9 Å². The molecule has 0 fully saturated rings. The number of amides is 1. The lowest BCUT2D eigenvalue weighted by atomic mass is 10.1. The van der Waals surface area contributed by atoms with Crippen LogP contribution in [0.3, 0.4) is 0 Å². The second kappa shape index (κ2) is 5.84. The average Bonchev–Trinajstić information content (AvgIpc) is 2.42. The van der Waals surface area contributed by atoms with Crippen molar-refractivity contribution < 1.29 is 9.53 Å². The molecule has 0 radical (unpaired) electrons. The number of benzene rings is 2. The first-order valence-corrected chi connectivity index (χ1v) is 6.40. The third-order valence-corrected chi connectivity index (χ3v) is 3.35. The summed E-state index contributed by atoms with van der Waals surface area (Å²) in [6.07, 6.45) is 0. The number of rotatable bonds is 3. The minimum absolute atomic E-state index is 0.259. The number of carbonyl (C=O) groups is 1. The summed E-state index contributed by atoms with van der Waals surface area (Å²) < 4.78 is 5.17. The monoisotopic (exact) mass is 290 g/mol. The second-order valence-electron chi connectivity index (χ2n) is 4.35. The molecule has 3 N–H and O–H groups in total. The summed E-state index contributed by atoms with van der Waals surface area (Å²) in [6, 6.07) is 10.4. The summed E-state index contributed by atoms with van der Waals surface area (Å²) in [5, 5.41) is 3.04.